The van der Waals surface area contributed by atoms with Crippen LogP contribution in [0.4, 0.5) is 18.9 Å². The summed E-state index contributed by atoms with van der Waals surface area (Å²) in [5.41, 5.74) is 1.59. The Morgan fingerprint density at radius 1 is 1.23 bits per heavy atom. The van der Waals surface area contributed by atoms with Gasteiger partial charge in [-0.1, -0.05) is 6.92 Å². The summed E-state index contributed by atoms with van der Waals surface area (Å²) in [5, 5.41) is 11.2. The molecule has 1 N–H and O–H groups in total. The number of hydrogen-bond donors (Lipinski definition) is 1. The van der Waals surface area contributed by atoms with E-state index in [2.05, 4.69) is 4.57 Å². The Balaban J connectivity index is 2.07. The summed E-state index contributed by atoms with van der Waals surface area (Å²) in [6.45, 7) is 5.75. The summed E-state index contributed by atoms with van der Waals surface area (Å²) in [6.07, 6.45) is 2.28. The van der Waals surface area contributed by atoms with Gasteiger partial charge in [-0.3, -0.25) is 4.79 Å². The van der Waals surface area contributed by atoms with Crippen molar-refractivity contribution in [1.82, 2.24) is 4.57 Å². The number of carbonyl (C=O) groups excluding carboxylic acids is 2. The zero-order chi connectivity index (χ0) is 22.4. The first-order valence-corrected chi connectivity index (χ1v) is 9.08. The predicted octanol–water partition coefficient (Wildman–Crippen LogP) is 4.02. The molecule has 6 nitrogen and oxygen atoms in total. The highest BCUT2D eigenvalue weighted by atomic mass is 19.2. The number of nitrogens with one attached hydrogen (secondary N) is 1. The molecule has 0 aliphatic rings. The largest absolute Gasteiger partial charge is 0.451 e. The molecule has 0 unspecified atom stereocenters. The molecule has 1 amide bonds. The normalized spacial score (nSPS) is 11.2. The van der Waals surface area contributed by atoms with Crippen molar-refractivity contribution in [2.75, 3.05) is 11.9 Å². The fraction of sp³-hybridized carbons (Fsp3) is 0.286. The van der Waals surface area contributed by atoms with Crippen LogP contribution < -0.4 is 5.32 Å². The van der Waals surface area contributed by atoms with Gasteiger partial charge in [0.15, 0.2) is 24.1 Å². The van der Waals surface area contributed by atoms with Crippen LogP contribution in [-0.4, -0.2) is 23.1 Å². The highest BCUT2D eigenvalue weighted by Crippen LogP contribution is 2.20. The van der Waals surface area contributed by atoms with Crippen molar-refractivity contribution in [2.45, 2.75) is 33.7 Å². The molecular weight excluding hydrogens is 399 g/mol. The number of hydrogen-bond acceptors (Lipinski definition) is 4. The summed E-state index contributed by atoms with van der Waals surface area (Å²) in [6, 6.07) is 5.03. The van der Waals surface area contributed by atoms with Crippen molar-refractivity contribution >= 4 is 23.6 Å². The van der Waals surface area contributed by atoms with E-state index in [0.717, 1.165) is 30.4 Å². The lowest BCUT2D eigenvalue weighted by molar-refractivity contribution is -0.142. The van der Waals surface area contributed by atoms with Gasteiger partial charge in [-0.25, -0.2) is 18.0 Å². The highest BCUT2D eigenvalue weighted by molar-refractivity contribution is 6.00. The minimum atomic E-state index is -1.74. The van der Waals surface area contributed by atoms with Crippen LogP contribution in [0.3, 0.4) is 0 Å². The van der Waals surface area contributed by atoms with E-state index in [9.17, 15) is 28.0 Å². The molecule has 0 radical (unpaired) electrons. The molecule has 0 spiro atoms. The Bertz CT molecular complexity index is 1050. The van der Waals surface area contributed by atoms with E-state index < -0.39 is 41.6 Å². The molecule has 0 atom stereocenters. The molecule has 0 aliphatic carbocycles. The molecule has 2 aromatic rings. The van der Waals surface area contributed by atoms with Crippen molar-refractivity contribution in [3.8, 4) is 6.07 Å². The summed E-state index contributed by atoms with van der Waals surface area (Å²) in [5.74, 6) is -6.74. The standard InChI is InChI=1S/C21H20F3N3O3/c1-4-7-27-12(2)8-14(13(27)3)9-15(10-25)21(29)30-11-18(28)26-17-6-5-16(22)19(23)20(17)24/h5-6,8-9H,4,7,11H2,1-3H3,(H,26,28)/b15-9+. The molecule has 0 bridgehead atoms. The second-order valence-corrected chi connectivity index (χ2v) is 6.50. The summed E-state index contributed by atoms with van der Waals surface area (Å²) in [4.78, 5) is 24.0. The van der Waals surface area contributed by atoms with E-state index in [4.69, 9.17) is 4.74 Å². The average molecular weight is 419 g/mol. The third-order valence-electron chi connectivity index (χ3n) is 4.34. The predicted molar refractivity (Wildman–Crippen MR) is 104 cm³/mol. The maximum Gasteiger partial charge on any atom is 0.349 e. The fourth-order valence-electron chi connectivity index (χ4n) is 2.85. The Morgan fingerprint density at radius 2 is 1.93 bits per heavy atom. The van der Waals surface area contributed by atoms with Gasteiger partial charge >= 0.3 is 5.97 Å². The van der Waals surface area contributed by atoms with E-state index in [1.165, 1.54) is 6.08 Å². The maximum absolute atomic E-state index is 13.6. The van der Waals surface area contributed by atoms with Crippen molar-refractivity contribution in [2.24, 2.45) is 0 Å². The molecule has 158 valence electrons. The Morgan fingerprint density at radius 3 is 2.57 bits per heavy atom. The van der Waals surface area contributed by atoms with Crippen molar-refractivity contribution in [1.29, 1.82) is 5.26 Å². The first kappa shape index (κ1) is 22.7. The van der Waals surface area contributed by atoms with Gasteiger partial charge in [0, 0.05) is 17.9 Å². The topological polar surface area (TPSA) is 84.1 Å². The minimum absolute atomic E-state index is 0.321. The first-order valence-electron chi connectivity index (χ1n) is 9.08. The lowest BCUT2D eigenvalue weighted by atomic mass is 10.1. The number of halogens is 3. The number of aromatic nitrogens is 1. The molecule has 0 saturated carbocycles. The van der Waals surface area contributed by atoms with Gasteiger partial charge in [-0.2, -0.15) is 5.26 Å². The number of carbonyl (C=O) groups is 2. The number of benzene rings is 1. The van der Waals surface area contributed by atoms with Crippen LogP contribution in [0.1, 0.15) is 30.3 Å². The Labute approximate surface area is 171 Å². The van der Waals surface area contributed by atoms with E-state index in [1.54, 1.807) is 6.07 Å². The van der Waals surface area contributed by atoms with Gasteiger partial charge in [0.05, 0.1) is 5.69 Å². The van der Waals surface area contributed by atoms with Crippen LogP contribution in [-0.2, 0) is 20.9 Å². The van der Waals surface area contributed by atoms with Crippen molar-refractivity contribution in [3.05, 3.63) is 58.2 Å². The second-order valence-electron chi connectivity index (χ2n) is 6.50. The van der Waals surface area contributed by atoms with Crippen LogP contribution in [0.2, 0.25) is 0 Å². The molecule has 0 saturated heterocycles. The van der Waals surface area contributed by atoms with Gasteiger partial charge in [0.1, 0.15) is 11.6 Å². The third kappa shape index (κ3) is 5.08. The quantitative estimate of drug-likeness (QED) is 0.318. The highest BCUT2D eigenvalue weighted by Gasteiger charge is 2.18. The zero-order valence-corrected chi connectivity index (χ0v) is 16.7. The van der Waals surface area contributed by atoms with E-state index in [-0.39, 0.29) is 5.57 Å². The fourth-order valence-corrected chi connectivity index (χ4v) is 2.85. The Kier molecular flexibility index (Phi) is 7.42. The number of anilines is 1. The van der Waals surface area contributed by atoms with Crippen LogP contribution in [0.5, 0.6) is 0 Å². The lowest BCUT2D eigenvalue weighted by Crippen LogP contribution is -2.22. The molecule has 0 aliphatic heterocycles. The van der Waals surface area contributed by atoms with Crippen LogP contribution >= 0.6 is 0 Å². The lowest BCUT2D eigenvalue weighted by Gasteiger charge is -2.08. The Hall–Kier alpha value is -3.54. The second kappa shape index (κ2) is 9.78. The molecule has 30 heavy (non-hydrogen) atoms. The average Bonchev–Trinajstić information content (AvgIpc) is 2.98. The van der Waals surface area contributed by atoms with Gasteiger partial charge in [0.25, 0.3) is 5.91 Å². The smallest absolute Gasteiger partial charge is 0.349 e. The molecular formula is C21H20F3N3O3. The van der Waals surface area contributed by atoms with Gasteiger partial charge in [0.2, 0.25) is 0 Å². The maximum atomic E-state index is 13.6. The van der Waals surface area contributed by atoms with E-state index in [1.807, 2.05) is 32.2 Å². The number of nitriles is 1. The molecule has 0 fully saturated rings. The number of ether oxygens (including phenoxy) is 1. The molecule has 2 rings (SSSR count). The summed E-state index contributed by atoms with van der Waals surface area (Å²) < 4.78 is 46.5. The minimum Gasteiger partial charge on any atom is -0.451 e. The zero-order valence-electron chi connectivity index (χ0n) is 16.7. The molecule has 1 heterocycles. The van der Waals surface area contributed by atoms with Crippen molar-refractivity contribution < 1.29 is 27.5 Å². The number of nitrogens with zero attached hydrogens (tertiary/aromatic N) is 2. The first-order chi connectivity index (χ1) is 14.2. The SMILES string of the molecule is CCCn1c(C)cc(/C=C(\C#N)C(=O)OCC(=O)Nc2ccc(F)c(F)c2F)c1C. The van der Waals surface area contributed by atoms with Crippen LogP contribution in [0.15, 0.2) is 23.8 Å². The monoisotopic (exact) mass is 419 g/mol. The third-order valence-corrected chi connectivity index (χ3v) is 4.34. The molecule has 1 aromatic heterocycles. The van der Waals surface area contributed by atoms with Gasteiger partial charge in [-0.05, 0) is 50.1 Å². The number of rotatable bonds is 7. The van der Waals surface area contributed by atoms with E-state index in [0.29, 0.717) is 11.6 Å². The van der Waals surface area contributed by atoms with Crippen LogP contribution in [0, 0.1) is 42.6 Å². The van der Waals surface area contributed by atoms with Crippen molar-refractivity contribution in [3.63, 3.8) is 0 Å². The summed E-state index contributed by atoms with van der Waals surface area (Å²) in [7, 11) is 0. The number of amides is 1. The molecule has 9 heteroatoms. The van der Waals surface area contributed by atoms with Gasteiger partial charge < -0.3 is 14.6 Å². The number of esters is 1. The summed E-state index contributed by atoms with van der Waals surface area (Å²) >= 11 is 0. The van der Waals surface area contributed by atoms with E-state index >= 15 is 0 Å². The molecule has 1 aromatic carbocycles. The van der Waals surface area contributed by atoms with Gasteiger partial charge in [-0.15, -0.1) is 0 Å². The van der Waals surface area contributed by atoms with Crippen LogP contribution in [0.25, 0.3) is 6.08 Å². The number of aryl methyl sites for hydroxylation is 1.